The minimum atomic E-state index is -0.0177. The molecule has 8 heteroatoms. The van der Waals surface area contributed by atoms with Gasteiger partial charge in [-0.2, -0.15) is 0 Å². The number of aromatic nitrogens is 5. The van der Waals surface area contributed by atoms with Crippen molar-refractivity contribution in [2.75, 3.05) is 0 Å². The highest BCUT2D eigenvalue weighted by atomic mass is 16.3. The van der Waals surface area contributed by atoms with Crippen LogP contribution in [0.2, 0.25) is 0 Å². The van der Waals surface area contributed by atoms with E-state index in [9.17, 15) is 4.79 Å². The molecule has 0 amide bonds. The third kappa shape index (κ3) is 4.93. The maximum Gasteiger partial charge on any atom is 0.252 e. The van der Waals surface area contributed by atoms with Crippen LogP contribution in [0.1, 0.15) is 79.8 Å². The molecule has 5 rings (SSSR count). The third-order valence-corrected chi connectivity index (χ3v) is 7.24. The molecule has 0 saturated heterocycles. The van der Waals surface area contributed by atoms with Gasteiger partial charge in [-0.15, -0.1) is 5.10 Å². The monoisotopic (exact) mass is 474 g/mol. The van der Waals surface area contributed by atoms with Crippen LogP contribution >= 0.6 is 0 Å². The van der Waals surface area contributed by atoms with E-state index in [1.54, 1.807) is 6.26 Å². The molecule has 35 heavy (non-hydrogen) atoms. The van der Waals surface area contributed by atoms with Gasteiger partial charge in [-0.25, -0.2) is 4.68 Å². The van der Waals surface area contributed by atoms with Crippen molar-refractivity contribution in [1.29, 1.82) is 0 Å². The summed E-state index contributed by atoms with van der Waals surface area (Å²) in [5.41, 5.74) is 4.00. The summed E-state index contributed by atoms with van der Waals surface area (Å²) in [6, 6.07) is 10.5. The number of rotatable bonds is 9. The van der Waals surface area contributed by atoms with Crippen molar-refractivity contribution >= 4 is 10.9 Å². The Kier molecular flexibility index (Phi) is 6.81. The first-order chi connectivity index (χ1) is 17.0. The fourth-order valence-corrected chi connectivity index (χ4v) is 5.59. The van der Waals surface area contributed by atoms with Gasteiger partial charge in [-0.05, 0) is 78.9 Å². The molecule has 1 saturated carbocycles. The van der Waals surface area contributed by atoms with E-state index < -0.39 is 0 Å². The number of benzene rings is 1. The van der Waals surface area contributed by atoms with Crippen LogP contribution in [0.5, 0.6) is 0 Å². The quantitative estimate of drug-likeness (QED) is 0.365. The number of hydrogen-bond acceptors (Lipinski definition) is 6. The van der Waals surface area contributed by atoms with Gasteiger partial charge in [0.25, 0.3) is 5.56 Å². The molecule has 1 aliphatic rings. The predicted molar refractivity (Wildman–Crippen MR) is 135 cm³/mol. The Morgan fingerprint density at radius 1 is 1.23 bits per heavy atom. The molecule has 3 aromatic heterocycles. The zero-order valence-electron chi connectivity index (χ0n) is 20.8. The summed E-state index contributed by atoms with van der Waals surface area (Å²) in [5.74, 6) is 1.65. The van der Waals surface area contributed by atoms with Crippen molar-refractivity contribution in [1.82, 2.24) is 30.1 Å². The first-order valence-electron chi connectivity index (χ1n) is 12.7. The summed E-state index contributed by atoms with van der Waals surface area (Å²) in [7, 11) is 0. The normalized spacial score (nSPS) is 15.4. The lowest BCUT2D eigenvalue weighted by Crippen LogP contribution is -2.39. The Morgan fingerprint density at radius 2 is 2.06 bits per heavy atom. The molecule has 184 valence electrons. The molecular weight excluding hydrogens is 440 g/mol. The van der Waals surface area contributed by atoms with Gasteiger partial charge in [-0.1, -0.05) is 32.3 Å². The first-order valence-corrected chi connectivity index (χ1v) is 12.7. The highest BCUT2D eigenvalue weighted by Crippen LogP contribution is 2.34. The van der Waals surface area contributed by atoms with Crippen molar-refractivity contribution in [3.05, 3.63) is 75.2 Å². The molecule has 1 aliphatic carbocycles. The maximum atomic E-state index is 13.2. The summed E-state index contributed by atoms with van der Waals surface area (Å²) in [4.78, 5) is 18.8. The van der Waals surface area contributed by atoms with Gasteiger partial charge < -0.3 is 9.40 Å². The Labute approximate surface area is 205 Å². The number of H-pyrrole nitrogens is 1. The summed E-state index contributed by atoms with van der Waals surface area (Å²) >= 11 is 0. The van der Waals surface area contributed by atoms with Gasteiger partial charge in [0.15, 0.2) is 5.82 Å². The van der Waals surface area contributed by atoms with E-state index >= 15 is 0 Å². The van der Waals surface area contributed by atoms with E-state index in [1.807, 2.05) is 22.9 Å². The second-order valence-corrected chi connectivity index (χ2v) is 9.86. The topological polar surface area (TPSA) is 92.8 Å². The molecule has 0 aliphatic heterocycles. The van der Waals surface area contributed by atoms with Crippen molar-refractivity contribution < 1.29 is 4.42 Å². The third-order valence-electron chi connectivity index (χ3n) is 7.24. The highest BCUT2D eigenvalue weighted by Gasteiger charge is 2.33. The fourth-order valence-electron chi connectivity index (χ4n) is 5.59. The molecular formula is C27H34N6O2. The number of nitrogens with zero attached hydrogens (tertiary/aromatic N) is 5. The van der Waals surface area contributed by atoms with Crippen LogP contribution < -0.4 is 5.56 Å². The van der Waals surface area contributed by atoms with E-state index in [4.69, 9.17) is 4.42 Å². The zero-order chi connectivity index (χ0) is 24.4. The van der Waals surface area contributed by atoms with E-state index in [2.05, 4.69) is 58.3 Å². The van der Waals surface area contributed by atoms with Crippen molar-refractivity contribution in [3.63, 3.8) is 0 Å². The second kappa shape index (κ2) is 10.2. The van der Waals surface area contributed by atoms with Gasteiger partial charge in [0.2, 0.25) is 0 Å². The van der Waals surface area contributed by atoms with Crippen LogP contribution in [0.4, 0.5) is 0 Å². The molecule has 1 unspecified atom stereocenters. The van der Waals surface area contributed by atoms with Crippen LogP contribution in [-0.2, 0) is 13.1 Å². The highest BCUT2D eigenvalue weighted by molar-refractivity contribution is 5.83. The minimum Gasteiger partial charge on any atom is -0.467 e. The molecule has 0 spiro atoms. The molecule has 1 fully saturated rings. The van der Waals surface area contributed by atoms with Gasteiger partial charge in [-0.3, -0.25) is 9.69 Å². The Balaban J connectivity index is 1.53. The molecule has 0 radical (unpaired) electrons. The van der Waals surface area contributed by atoms with Crippen LogP contribution in [0, 0.1) is 13.8 Å². The number of aryl methyl sites for hydroxylation is 2. The summed E-state index contributed by atoms with van der Waals surface area (Å²) in [6.07, 6.45) is 8.26. The number of nitrogens with one attached hydrogen (secondary N) is 1. The summed E-state index contributed by atoms with van der Waals surface area (Å²) < 4.78 is 7.40. The zero-order valence-corrected chi connectivity index (χ0v) is 20.8. The Hall–Kier alpha value is -3.26. The minimum absolute atomic E-state index is 0.0160. The smallest absolute Gasteiger partial charge is 0.252 e. The van der Waals surface area contributed by atoms with Gasteiger partial charge in [0, 0.05) is 29.1 Å². The van der Waals surface area contributed by atoms with Crippen LogP contribution in [0.3, 0.4) is 0 Å². The average Bonchev–Trinajstić information content (AvgIpc) is 3.60. The number of tetrazole rings is 1. The van der Waals surface area contributed by atoms with Crippen LogP contribution in [0.15, 0.2) is 45.8 Å². The molecule has 1 N–H and O–H groups in total. The van der Waals surface area contributed by atoms with Crippen LogP contribution in [-0.4, -0.2) is 36.1 Å². The summed E-state index contributed by atoms with van der Waals surface area (Å²) in [5, 5.41) is 13.9. The van der Waals surface area contributed by atoms with Crippen LogP contribution in [0.25, 0.3) is 10.9 Å². The SMILES string of the molecule is CCCC(c1nnnn1Cc1ccco1)N(Cc1cc2c(C)cc(C)cc2[nH]c1=O)C1CCCC1. The largest absolute Gasteiger partial charge is 0.467 e. The molecule has 4 aromatic rings. The Bertz CT molecular complexity index is 1330. The average molecular weight is 475 g/mol. The van der Waals surface area contributed by atoms with E-state index in [1.165, 1.54) is 18.4 Å². The van der Waals surface area contributed by atoms with E-state index in [0.717, 1.165) is 59.3 Å². The molecule has 0 bridgehead atoms. The molecule has 3 heterocycles. The van der Waals surface area contributed by atoms with Crippen molar-refractivity contribution in [3.8, 4) is 0 Å². The summed E-state index contributed by atoms with van der Waals surface area (Å²) in [6.45, 7) is 7.41. The Morgan fingerprint density at radius 3 is 2.80 bits per heavy atom. The van der Waals surface area contributed by atoms with Gasteiger partial charge >= 0.3 is 0 Å². The second-order valence-electron chi connectivity index (χ2n) is 9.86. The lowest BCUT2D eigenvalue weighted by Gasteiger charge is -2.35. The number of hydrogen-bond donors (Lipinski definition) is 1. The number of furan rings is 1. The van der Waals surface area contributed by atoms with Crippen molar-refractivity contribution in [2.45, 2.75) is 84.5 Å². The number of pyridine rings is 1. The van der Waals surface area contributed by atoms with Gasteiger partial charge in [0.1, 0.15) is 12.3 Å². The predicted octanol–water partition coefficient (Wildman–Crippen LogP) is 5.06. The number of fused-ring (bicyclic) bond motifs is 1. The molecule has 1 atom stereocenters. The maximum absolute atomic E-state index is 13.2. The first kappa shape index (κ1) is 23.5. The fraction of sp³-hybridized carbons (Fsp3) is 0.481. The van der Waals surface area contributed by atoms with Gasteiger partial charge in [0.05, 0.1) is 12.3 Å². The molecule has 1 aromatic carbocycles. The lowest BCUT2D eigenvalue weighted by atomic mass is 10.0. The lowest BCUT2D eigenvalue weighted by molar-refractivity contribution is 0.108. The molecule has 8 nitrogen and oxygen atoms in total. The number of aromatic amines is 1. The van der Waals surface area contributed by atoms with E-state index in [-0.39, 0.29) is 11.6 Å². The van der Waals surface area contributed by atoms with Crippen molar-refractivity contribution in [2.24, 2.45) is 0 Å². The standard InChI is InChI=1S/C27H34N6O2/c1-4-8-25(26-29-30-31-33(26)17-22-11-7-12-35-22)32(21-9-5-6-10-21)16-20-15-23-19(3)13-18(2)14-24(23)28-27(20)34/h7,11-15,21,25H,4-6,8-10,16-17H2,1-3H3,(H,28,34). The van der Waals surface area contributed by atoms with E-state index in [0.29, 0.717) is 19.1 Å².